The van der Waals surface area contributed by atoms with Crippen LogP contribution in [0, 0.1) is 5.82 Å². The summed E-state index contributed by atoms with van der Waals surface area (Å²) < 4.78 is 54.8. The van der Waals surface area contributed by atoms with Gasteiger partial charge in [0.1, 0.15) is 11.4 Å². The van der Waals surface area contributed by atoms with Crippen LogP contribution in [0.4, 0.5) is 17.6 Å². The Balaban J connectivity index is 2.05. The summed E-state index contributed by atoms with van der Waals surface area (Å²) in [6.07, 6.45) is -3.98. The summed E-state index contributed by atoms with van der Waals surface area (Å²) in [6, 6.07) is 3.96. The Morgan fingerprint density at radius 3 is 2.70 bits per heavy atom. The number of nitrogens with two attached hydrogens (primary N) is 1. The van der Waals surface area contributed by atoms with Gasteiger partial charge in [-0.2, -0.15) is 18.2 Å². The van der Waals surface area contributed by atoms with Gasteiger partial charge in [0.25, 0.3) is 0 Å². The van der Waals surface area contributed by atoms with Crippen LogP contribution >= 0.6 is 0 Å². The first-order valence-electron chi connectivity index (χ1n) is 5.80. The van der Waals surface area contributed by atoms with Crippen LogP contribution in [0.5, 0.6) is 0 Å². The molecule has 1 aromatic heterocycles. The van der Waals surface area contributed by atoms with E-state index in [0.29, 0.717) is 24.0 Å². The molecule has 1 aliphatic carbocycles. The molecule has 0 saturated carbocycles. The Morgan fingerprint density at radius 2 is 2.05 bits per heavy atom. The predicted molar refractivity (Wildman–Crippen MR) is 59.0 cm³/mol. The fourth-order valence-corrected chi connectivity index (χ4v) is 2.42. The van der Waals surface area contributed by atoms with Crippen molar-refractivity contribution in [2.75, 3.05) is 0 Å². The summed E-state index contributed by atoms with van der Waals surface area (Å²) in [4.78, 5) is 3.34. The van der Waals surface area contributed by atoms with Crippen LogP contribution in [0.1, 0.15) is 29.3 Å². The summed E-state index contributed by atoms with van der Waals surface area (Å²) >= 11 is 0. The van der Waals surface area contributed by atoms with Crippen molar-refractivity contribution < 1.29 is 22.1 Å². The molecule has 1 atom stereocenters. The van der Waals surface area contributed by atoms with E-state index >= 15 is 0 Å². The molecule has 0 fully saturated rings. The van der Waals surface area contributed by atoms with Crippen LogP contribution in [0.15, 0.2) is 22.7 Å². The van der Waals surface area contributed by atoms with Crippen LogP contribution in [0.3, 0.4) is 0 Å². The van der Waals surface area contributed by atoms with Crippen molar-refractivity contribution in [3.8, 4) is 0 Å². The molecule has 0 amide bonds. The van der Waals surface area contributed by atoms with Gasteiger partial charge < -0.3 is 10.3 Å². The smallest absolute Gasteiger partial charge is 0.329 e. The third-order valence-electron chi connectivity index (χ3n) is 3.40. The predicted octanol–water partition coefficient (Wildman–Crippen LogP) is 2.38. The van der Waals surface area contributed by atoms with E-state index < -0.39 is 23.4 Å². The molecule has 3 rings (SSSR count). The molecule has 1 aromatic carbocycles. The van der Waals surface area contributed by atoms with Crippen molar-refractivity contribution in [2.24, 2.45) is 5.73 Å². The average molecular weight is 287 g/mol. The standard InChI is InChI=1S/C12H9F4N3O/c13-7-1-2-8-6(5-7)3-4-11(8,17)9-18-10(20-19-9)12(14,15)16/h1-2,5H,3-4,17H2. The van der Waals surface area contributed by atoms with Gasteiger partial charge in [-0.25, -0.2) is 4.39 Å². The lowest BCUT2D eigenvalue weighted by Crippen LogP contribution is -2.36. The van der Waals surface area contributed by atoms with E-state index in [0.717, 1.165) is 0 Å². The third-order valence-corrected chi connectivity index (χ3v) is 3.40. The quantitative estimate of drug-likeness (QED) is 0.818. The van der Waals surface area contributed by atoms with Gasteiger partial charge in [-0.1, -0.05) is 11.2 Å². The van der Waals surface area contributed by atoms with E-state index in [9.17, 15) is 17.6 Å². The van der Waals surface area contributed by atoms with Gasteiger partial charge in [-0.15, -0.1) is 0 Å². The molecule has 0 saturated heterocycles. The van der Waals surface area contributed by atoms with Gasteiger partial charge in [0.15, 0.2) is 5.82 Å². The Morgan fingerprint density at radius 1 is 1.30 bits per heavy atom. The highest BCUT2D eigenvalue weighted by molar-refractivity contribution is 5.43. The first-order chi connectivity index (χ1) is 9.30. The van der Waals surface area contributed by atoms with E-state index in [1.54, 1.807) is 0 Å². The van der Waals surface area contributed by atoms with Crippen molar-refractivity contribution in [3.05, 3.63) is 46.9 Å². The average Bonchev–Trinajstić information content (AvgIpc) is 2.95. The first kappa shape index (κ1) is 13.0. The molecule has 1 aliphatic rings. The highest BCUT2D eigenvalue weighted by atomic mass is 19.4. The van der Waals surface area contributed by atoms with Gasteiger partial charge in [-0.3, -0.25) is 0 Å². The molecule has 8 heteroatoms. The monoisotopic (exact) mass is 287 g/mol. The van der Waals surface area contributed by atoms with E-state index in [2.05, 4.69) is 14.7 Å². The molecule has 2 aromatic rings. The number of hydrogen-bond donors (Lipinski definition) is 1. The third kappa shape index (κ3) is 1.87. The number of nitrogens with zero attached hydrogens (tertiary/aromatic N) is 2. The Labute approximate surface area is 110 Å². The zero-order chi connectivity index (χ0) is 14.5. The molecule has 20 heavy (non-hydrogen) atoms. The van der Waals surface area contributed by atoms with Crippen LogP contribution in [0.2, 0.25) is 0 Å². The topological polar surface area (TPSA) is 64.9 Å². The highest BCUT2D eigenvalue weighted by Crippen LogP contribution is 2.40. The molecule has 1 unspecified atom stereocenters. The number of aryl methyl sites for hydroxylation is 1. The number of fused-ring (bicyclic) bond motifs is 1. The van der Waals surface area contributed by atoms with E-state index in [-0.39, 0.29) is 5.82 Å². The lowest BCUT2D eigenvalue weighted by atomic mass is 9.92. The summed E-state index contributed by atoms with van der Waals surface area (Å²) in [7, 11) is 0. The van der Waals surface area contributed by atoms with Crippen LogP contribution in [0.25, 0.3) is 0 Å². The van der Waals surface area contributed by atoms with Crippen molar-refractivity contribution in [1.29, 1.82) is 0 Å². The number of alkyl halides is 3. The Hall–Kier alpha value is -1.96. The first-order valence-corrected chi connectivity index (χ1v) is 5.80. The van der Waals surface area contributed by atoms with Gasteiger partial charge in [-0.05, 0) is 36.1 Å². The van der Waals surface area contributed by atoms with Gasteiger partial charge >= 0.3 is 12.1 Å². The van der Waals surface area contributed by atoms with Crippen molar-refractivity contribution in [1.82, 2.24) is 10.1 Å². The second-order valence-electron chi connectivity index (χ2n) is 4.69. The molecule has 2 N–H and O–H groups in total. The van der Waals surface area contributed by atoms with Crippen LogP contribution in [-0.4, -0.2) is 10.1 Å². The SMILES string of the molecule is NC1(c2noc(C(F)(F)F)n2)CCc2cc(F)ccc21. The lowest BCUT2D eigenvalue weighted by Gasteiger charge is -2.20. The maximum absolute atomic E-state index is 13.1. The van der Waals surface area contributed by atoms with E-state index in [1.807, 2.05) is 0 Å². The molecule has 106 valence electrons. The van der Waals surface area contributed by atoms with Gasteiger partial charge in [0, 0.05) is 0 Å². The minimum atomic E-state index is -4.72. The fraction of sp³-hybridized carbons (Fsp3) is 0.333. The van der Waals surface area contributed by atoms with E-state index in [1.165, 1.54) is 18.2 Å². The summed E-state index contributed by atoms with van der Waals surface area (Å²) in [5.41, 5.74) is 6.01. The zero-order valence-corrected chi connectivity index (χ0v) is 10.0. The molecule has 0 radical (unpaired) electrons. The molecular weight excluding hydrogens is 278 g/mol. The number of halogens is 4. The van der Waals surface area contributed by atoms with Crippen molar-refractivity contribution in [3.63, 3.8) is 0 Å². The van der Waals surface area contributed by atoms with Crippen molar-refractivity contribution >= 4 is 0 Å². The summed E-state index contributed by atoms with van der Waals surface area (Å²) in [6.45, 7) is 0. The molecular formula is C12H9F4N3O. The molecule has 0 bridgehead atoms. The molecule has 0 aliphatic heterocycles. The Bertz CT molecular complexity index is 667. The van der Waals surface area contributed by atoms with Gasteiger partial charge in [0.05, 0.1) is 0 Å². The largest absolute Gasteiger partial charge is 0.471 e. The van der Waals surface area contributed by atoms with Gasteiger partial charge in [0.2, 0.25) is 0 Å². The second kappa shape index (κ2) is 4.02. The molecule has 0 spiro atoms. The highest BCUT2D eigenvalue weighted by Gasteiger charge is 2.44. The second-order valence-corrected chi connectivity index (χ2v) is 4.69. The normalized spacial score (nSPS) is 22.1. The van der Waals surface area contributed by atoms with Crippen molar-refractivity contribution in [2.45, 2.75) is 24.6 Å². The maximum Gasteiger partial charge on any atom is 0.471 e. The molecule has 1 heterocycles. The number of aromatic nitrogens is 2. The summed E-state index contributed by atoms with van der Waals surface area (Å²) in [5, 5.41) is 3.33. The fourth-order valence-electron chi connectivity index (χ4n) is 2.42. The number of benzene rings is 1. The lowest BCUT2D eigenvalue weighted by molar-refractivity contribution is -0.159. The number of hydrogen-bond acceptors (Lipinski definition) is 4. The Kier molecular flexibility index (Phi) is 2.62. The van der Waals surface area contributed by atoms with E-state index in [4.69, 9.17) is 5.73 Å². The summed E-state index contributed by atoms with van der Waals surface area (Å²) in [5.74, 6) is -2.10. The maximum atomic E-state index is 13.1. The van der Waals surface area contributed by atoms with Crippen LogP contribution < -0.4 is 5.73 Å². The number of rotatable bonds is 1. The molecule has 4 nitrogen and oxygen atoms in total. The minimum absolute atomic E-state index is 0.241. The van der Waals surface area contributed by atoms with Crippen LogP contribution in [-0.2, 0) is 18.1 Å². The zero-order valence-electron chi connectivity index (χ0n) is 10.0. The minimum Gasteiger partial charge on any atom is -0.329 e.